The molecular weight excluding hydrogens is 360 g/mol. The Hall–Kier alpha value is -2.17. The summed E-state index contributed by atoms with van der Waals surface area (Å²) in [5, 5.41) is 44.5. The normalized spacial score (nSPS) is 24.4. The number of carbonyl (C=O) groups excluding carboxylic acids is 2. The maximum atomic E-state index is 11.7. The zero-order valence-electron chi connectivity index (χ0n) is 15.6. The maximum Gasteiger partial charge on any atom is 0.370 e. The van der Waals surface area contributed by atoms with E-state index in [-0.39, 0.29) is 18.9 Å². The highest BCUT2D eigenvalue weighted by Gasteiger charge is 2.43. The predicted octanol–water partition coefficient (Wildman–Crippen LogP) is -1.51. The minimum Gasteiger partial charge on any atom is -0.478 e. The Bertz CT molecular complexity index is 577. The minimum absolute atomic E-state index is 0.263. The van der Waals surface area contributed by atoms with Crippen LogP contribution in [0.25, 0.3) is 0 Å². The van der Waals surface area contributed by atoms with Crippen molar-refractivity contribution in [2.45, 2.75) is 64.1 Å². The topological polar surface area (TPSA) is 165 Å². The van der Waals surface area contributed by atoms with Crippen LogP contribution in [0.2, 0.25) is 0 Å². The van der Waals surface area contributed by atoms with Crippen LogP contribution in [-0.2, 0) is 19.1 Å². The summed E-state index contributed by atoms with van der Waals surface area (Å²) >= 11 is 0. The van der Waals surface area contributed by atoms with Crippen LogP contribution in [0, 0.1) is 5.92 Å². The van der Waals surface area contributed by atoms with E-state index in [1.165, 1.54) is 6.92 Å². The van der Waals surface area contributed by atoms with E-state index in [0.717, 1.165) is 6.08 Å². The van der Waals surface area contributed by atoms with E-state index >= 15 is 0 Å². The molecule has 0 spiro atoms. The van der Waals surface area contributed by atoms with E-state index in [1.807, 2.05) is 13.8 Å². The molecule has 0 bridgehead atoms. The molecule has 5 atom stereocenters. The van der Waals surface area contributed by atoms with Gasteiger partial charge in [-0.05, 0) is 18.4 Å². The first-order valence-electron chi connectivity index (χ1n) is 8.72. The number of amides is 2. The summed E-state index contributed by atoms with van der Waals surface area (Å²) in [5.41, 5.74) is 0. The zero-order valence-corrected chi connectivity index (χ0v) is 15.6. The van der Waals surface area contributed by atoms with Crippen LogP contribution in [-0.4, -0.2) is 75.2 Å². The standard InChI is InChI=1S/C17H28N2O8/c1-8(2)4-5-13(23)18-7-11(22)15(24)16-14(19-9(3)20)10(21)6-12(27-16)17(25)26/h6,8,10-11,14-16,21-22,24H,4-5,7H2,1-3H3,(H,18,23)(H,19,20)(H,25,26)/t10-,11?,14-,15?,16?/m1/s1. The Balaban J connectivity index is 2.78. The highest BCUT2D eigenvalue weighted by atomic mass is 16.5. The van der Waals surface area contributed by atoms with Gasteiger partial charge in [0.15, 0.2) is 6.10 Å². The smallest absolute Gasteiger partial charge is 0.370 e. The van der Waals surface area contributed by atoms with Crippen molar-refractivity contribution in [3.8, 4) is 0 Å². The summed E-state index contributed by atoms with van der Waals surface area (Å²) in [5.74, 6) is -2.58. The molecule has 27 heavy (non-hydrogen) atoms. The van der Waals surface area contributed by atoms with Gasteiger partial charge in [-0.15, -0.1) is 0 Å². The van der Waals surface area contributed by atoms with Crippen molar-refractivity contribution in [3.05, 3.63) is 11.8 Å². The molecule has 154 valence electrons. The summed E-state index contributed by atoms with van der Waals surface area (Å²) in [7, 11) is 0. The van der Waals surface area contributed by atoms with Crippen molar-refractivity contribution < 1.29 is 39.5 Å². The number of hydrogen-bond donors (Lipinski definition) is 6. The maximum absolute atomic E-state index is 11.7. The van der Waals surface area contributed by atoms with Gasteiger partial charge in [-0.2, -0.15) is 0 Å². The van der Waals surface area contributed by atoms with Crippen LogP contribution in [0.3, 0.4) is 0 Å². The first-order chi connectivity index (χ1) is 12.5. The molecule has 0 saturated heterocycles. The van der Waals surface area contributed by atoms with Gasteiger partial charge in [-0.3, -0.25) is 9.59 Å². The number of carboxylic acid groups (broad SMARTS) is 1. The number of ether oxygens (including phenoxy) is 1. The van der Waals surface area contributed by atoms with E-state index in [1.54, 1.807) is 0 Å². The van der Waals surface area contributed by atoms with Crippen molar-refractivity contribution in [2.75, 3.05) is 6.54 Å². The lowest BCUT2D eigenvalue weighted by atomic mass is 9.93. The molecule has 2 amide bonds. The van der Waals surface area contributed by atoms with E-state index in [4.69, 9.17) is 9.84 Å². The second-order valence-electron chi connectivity index (χ2n) is 6.93. The first kappa shape index (κ1) is 22.9. The third kappa shape index (κ3) is 7.16. The number of carbonyl (C=O) groups is 3. The average Bonchev–Trinajstić information content (AvgIpc) is 2.58. The first-order valence-corrected chi connectivity index (χ1v) is 8.72. The molecule has 0 fully saturated rings. The van der Waals surface area contributed by atoms with Crippen LogP contribution in [0.1, 0.15) is 33.6 Å². The molecule has 6 N–H and O–H groups in total. The number of aliphatic hydroxyl groups is 3. The molecule has 3 unspecified atom stereocenters. The molecule has 0 radical (unpaired) electrons. The van der Waals surface area contributed by atoms with Crippen LogP contribution >= 0.6 is 0 Å². The predicted molar refractivity (Wildman–Crippen MR) is 93.3 cm³/mol. The van der Waals surface area contributed by atoms with Gasteiger partial charge in [0, 0.05) is 19.9 Å². The highest BCUT2D eigenvalue weighted by Crippen LogP contribution is 2.23. The van der Waals surface area contributed by atoms with Gasteiger partial charge in [-0.1, -0.05) is 13.8 Å². The molecule has 1 aliphatic rings. The Morgan fingerprint density at radius 1 is 1.26 bits per heavy atom. The van der Waals surface area contributed by atoms with Gasteiger partial charge in [-0.25, -0.2) is 4.79 Å². The lowest BCUT2D eigenvalue weighted by molar-refractivity contribution is -0.147. The molecule has 0 aliphatic carbocycles. The van der Waals surface area contributed by atoms with Gasteiger partial charge < -0.3 is 35.8 Å². The molecule has 0 aromatic heterocycles. The number of aliphatic carboxylic acids is 1. The lowest BCUT2D eigenvalue weighted by Gasteiger charge is -2.38. The Morgan fingerprint density at radius 2 is 1.89 bits per heavy atom. The fourth-order valence-electron chi connectivity index (χ4n) is 2.58. The van der Waals surface area contributed by atoms with Crippen LogP contribution in [0.4, 0.5) is 0 Å². The van der Waals surface area contributed by atoms with Crippen molar-refractivity contribution in [1.82, 2.24) is 10.6 Å². The number of carboxylic acids is 1. The van der Waals surface area contributed by atoms with E-state index in [9.17, 15) is 29.7 Å². The van der Waals surface area contributed by atoms with Crippen molar-refractivity contribution in [1.29, 1.82) is 0 Å². The lowest BCUT2D eigenvalue weighted by Crippen LogP contribution is -2.60. The summed E-state index contributed by atoms with van der Waals surface area (Å²) in [6.07, 6.45) is -4.23. The van der Waals surface area contributed by atoms with Crippen LogP contribution in [0.5, 0.6) is 0 Å². The van der Waals surface area contributed by atoms with Gasteiger partial charge in [0.2, 0.25) is 17.6 Å². The number of aliphatic hydroxyl groups excluding tert-OH is 3. The van der Waals surface area contributed by atoms with Crippen molar-refractivity contribution in [2.24, 2.45) is 5.92 Å². The Labute approximate surface area is 157 Å². The third-order valence-electron chi connectivity index (χ3n) is 4.08. The fraction of sp³-hybridized carbons (Fsp3) is 0.706. The SMILES string of the molecule is CC(=O)N[C@H]1C(C(O)C(O)CNC(=O)CCC(C)C)OC(C(=O)O)=C[C@H]1O. The molecule has 0 saturated carbocycles. The zero-order chi connectivity index (χ0) is 20.7. The van der Waals surface area contributed by atoms with Gasteiger partial charge >= 0.3 is 5.97 Å². The van der Waals surface area contributed by atoms with E-state index in [2.05, 4.69) is 10.6 Å². The Kier molecular flexibility index (Phi) is 8.67. The minimum atomic E-state index is -1.68. The highest BCUT2D eigenvalue weighted by molar-refractivity contribution is 5.84. The number of nitrogens with one attached hydrogen (secondary N) is 2. The van der Waals surface area contributed by atoms with Gasteiger partial charge in [0.1, 0.15) is 18.3 Å². The summed E-state index contributed by atoms with van der Waals surface area (Å²) in [6, 6.07) is -1.17. The average molecular weight is 388 g/mol. The van der Waals surface area contributed by atoms with Crippen molar-refractivity contribution >= 4 is 17.8 Å². The number of rotatable bonds is 9. The molecule has 0 aromatic rings. The third-order valence-corrected chi connectivity index (χ3v) is 4.08. The summed E-state index contributed by atoms with van der Waals surface area (Å²) in [6.45, 7) is 4.81. The van der Waals surface area contributed by atoms with Gasteiger partial charge in [0.25, 0.3) is 0 Å². The summed E-state index contributed by atoms with van der Waals surface area (Å²) in [4.78, 5) is 34.2. The Morgan fingerprint density at radius 3 is 2.41 bits per heavy atom. The number of hydrogen-bond acceptors (Lipinski definition) is 7. The van der Waals surface area contributed by atoms with Crippen LogP contribution in [0.15, 0.2) is 11.8 Å². The fourth-order valence-corrected chi connectivity index (χ4v) is 2.58. The monoisotopic (exact) mass is 388 g/mol. The molecule has 10 nitrogen and oxygen atoms in total. The van der Waals surface area contributed by atoms with Crippen LogP contribution < -0.4 is 10.6 Å². The quantitative estimate of drug-likeness (QED) is 0.277. The molecule has 1 aliphatic heterocycles. The van der Waals surface area contributed by atoms with E-state index in [0.29, 0.717) is 12.3 Å². The van der Waals surface area contributed by atoms with E-state index < -0.39 is 48.1 Å². The molecule has 10 heteroatoms. The molecule has 1 heterocycles. The second-order valence-corrected chi connectivity index (χ2v) is 6.93. The van der Waals surface area contributed by atoms with Gasteiger partial charge in [0.05, 0.1) is 6.04 Å². The second kappa shape index (κ2) is 10.2. The van der Waals surface area contributed by atoms with Crippen molar-refractivity contribution in [3.63, 3.8) is 0 Å². The molecule has 0 aromatic carbocycles. The molecule has 1 rings (SSSR count). The largest absolute Gasteiger partial charge is 0.478 e. The molecular formula is C17H28N2O8. The summed E-state index contributed by atoms with van der Waals surface area (Å²) < 4.78 is 5.16.